The summed E-state index contributed by atoms with van der Waals surface area (Å²) in [5, 5.41) is 4.99. The maximum atomic E-state index is 13.6. The van der Waals surface area contributed by atoms with Gasteiger partial charge in [0.1, 0.15) is 23.6 Å². The predicted octanol–water partition coefficient (Wildman–Crippen LogP) is 2.39. The largest absolute Gasteiger partial charge is 0.497 e. The van der Waals surface area contributed by atoms with Crippen LogP contribution >= 0.6 is 0 Å². The highest BCUT2D eigenvalue weighted by Gasteiger charge is 2.49. The van der Waals surface area contributed by atoms with E-state index in [-0.39, 0.29) is 5.56 Å². The van der Waals surface area contributed by atoms with E-state index >= 15 is 0 Å². The third-order valence-electron chi connectivity index (χ3n) is 4.71. The summed E-state index contributed by atoms with van der Waals surface area (Å²) in [6, 6.07) is 6.75. The average molecular weight is 419 g/mol. The predicted molar refractivity (Wildman–Crippen MR) is 102 cm³/mol. The lowest BCUT2D eigenvalue weighted by Crippen LogP contribution is -2.42. The van der Waals surface area contributed by atoms with Crippen LogP contribution < -0.4 is 20.1 Å². The van der Waals surface area contributed by atoms with Gasteiger partial charge in [-0.25, -0.2) is 13.6 Å². The number of amides is 4. The molecule has 158 valence electrons. The van der Waals surface area contributed by atoms with Crippen LogP contribution in [0.2, 0.25) is 0 Å². The van der Waals surface area contributed by atoms with E-state index in [1.165, 1.54) is 39.3 Å². The fourth-order valence-corrected chi connectivity index (χ4v) is 3.07. The van der Waals surface area contributed by atoms with Crippen molar-refractivity contribution in [1.82, 2.24) is 10.2 Å². The topological polar surface area (TPSA) is 97.0 Å². The van der Waals surface area contributed by atoms with Crippen molar-refractivity contribution >= 4 is 23.5 Å². The summed E-state index contributed by atoms with van der Waals surface area (Å²) in [5.74, 6) is -2.78. The molecule has 0 unspecified atom stereocenters. The van der Waals surface area contributed by atoms with Crippen LogP contribution in [0.5, 0.6) is 11.5 Å². The van der Waals surface area contributed by atoms with Crippen molar-refractivity contribution in [2.24, 2.45) is 0 Å². The van der Waals surface area contributed by atoms with E-state index in [9.17, 15) is 23.2 Å². The lowest BCUT2D eigenvalue weighted by atomic mass is 9.92. The fraction of sp³-hybridized carbons (Fsp3) is 0.250. The Kier molecular flexibility index (Phi) is 5.59. The normalized spacial score (nSPS) is 18.2. The second-order valence-corrected chi connectivity index (χ2v) is 6.72. The first-order valence-electron chi connectivity index (χ1n) is 8.80. The van der Waals surface area contributed by atoms with Crippen LogP contribution in [-0.2, 0) is 15.1 Å². The number of carbonyl (C=O) groups excluding carboxylic acids is 3. The van der Waals surface area contributed by atoms with Crippen molar-refractivity contribution in [2.45, 2.75) is 12.5 Å². The SMILES string of the molecule is COc1cc(NC(=O)CN2C(=O)N[C@@](C)(c3ccc(F)c(F)c3)C2=O)cc(OC)c1. The van der Waals surface area contributed by atoms with E-state index in [0.717, 1.165) is 12.1 Å². The lowest BCUT2D eigenvalue weighted by Gasteiger charge is -2.22. The van der Waals surface area contributed by atoms with Crippen molar-refractivity contribution in [3.8, 4) is 11.5 Å². The summed E-state index contributed by atoms with van der Waals surface area (Å²) >= 11 is 0. The zero-order valence-corrected chi connectivity index (χ0v) is 16.4. The van der Waals surface area contributed by atoms with Crippen LogP contribution in [0, 0.1) is 11.6 Å². The van der Waals surface area contributed by atoms with Gasteiger partial charge in [-0.2, -0.15) is 0 Å². The van der Waals surface area contributed by atoms with Gasteiger partial charge in [-0.3, -0.25) is 14.5 Å². The molecule has 2 N–H and O–H groups in total. The molecule has 30 heavy (non-hydrogen) atoms. The third-order valence-corrected chi connectivity index (χ3v) is 4.71. The second-order valence-electron chi connectivity index (χ2n) is 6.72. The summed E-state index contributed by atoms with van der Waals surface area (Å²) < 4.78 is 37.1. The number of nitrogens with zero attached hydrogens (tertiary/aromatic N) is 1. The Bertz CT molecular complexity index is 1010. The van der Waals surface area contributed by atoms with Gasteiger partial charge in [0.25, 0.3) is 5.91 Å². The summed E-state index contributed by atoms with van der Waals surface area (Å²) in [6.07, 6.45) is 0. The minimum absolute atomic E-state index is 0.0557. The summed E-state index contributed by atoms with van der Waals surface area (Å²) in [6.45, 7) is 0.772. The molecular weight excluding hydrogens is 400 g/mol. The van der Waals surface area contributed by atoms with Crippen LogP contribution in [0.1, 0.15) is 12.5 Å². The van der Waals surface area contributed by atoms with Gasteiger partial charge in [-0.05, 0) is 24.6 Å². The molecule has 0 aliphatic carbocycles. The molecule has 2 aromatic rings. The minimum Gasteiger partial charge on any atom is -0.497 e. The van der Waals surface area contributed by atoms with Gasteiger partial charge in [0.2, 0.25) is 5.91 Å². The van der Waals surface area contributed by atoms with Crippen molar-refractivity contribution in [3.63, 3.8) is 0 Å². The maximum Gasteiger partial charge on any atom is 0.325 e. The second kappa shape index (κ2) is 7.97. The number of halogens is 2. The number of carbonyl (C=O) groups is 3. The Morgan fingerprint density at radius 1 is 1.07 bits per heavy atom. The Morgan fingerprint density at radius 3 is 2.27 bits per heavy atom. The first kappa shape index (κ1) is 21.0. The van der Waals surface area contributed by atoms with Gasteiger partial charge in [0.05, 0.1) is 14.2 Å². The molecule has 1 aliphatic heterocycles. The van der Waals surface area contributed by atoms with Gasteiger partial charge in [-0.15, -0.1) is 0 Å². The highest BCUT2D eigenvalue weighted by molar-refractivity contribution is 6.10. The number of methoxy groups -OCH3 is 2. The van der Waals surface area contributed by atoms with Gasteiger partial charge in [0.15, 0.2) is 11.6 Å². The smallest absolute Gasteiger partial charge is 0.325 e. The molecule has 1 aliphatic rings. The molecule has 2 aromatic carbocycles. The molecule has 0 spiro atoms. The lowest BCUT2D eigenvalue weighted by molar-refractivity contribution is -0.133. The van der Waals surface area contributed by atoms with E-state index in [2.05, 4.69) is 10.6 Å². The Hall–Kier alpha value is -3.69. The van der Waals surface area contributed by atoms with Crippen molar-refractivity contribution < 1.29 is 32.6 Å². The summed E-state index contributed by atoms with van der Waals surface area (Å²) in [5.41, 5.74) is -1.24. The average Bonchev–Trinajstić information content (AvgIpc) is 2.93. The Labute approximate surface area is 170 Å². The number of ether oxygens (including phenoxy) is 2. The zero-order valence-electron chi connectivity index (χ0n) is 16.4. The van der Waals surface area contributed by atoms with Crippen molar-refractivity contribution in [1.29, 1.82) is 0 Å². The molecule has 1 saturated heterocycles. The van der Waals surface area contributed by atoms with E-state index in [4.69, 9.17) is 9.47 Å². The molecule has 1 atom stereocenters. The molecule has 0 aromatic heterocycles. The van der Waals surface area contributed by atoms with E-state index in [0.29, 0.717) is 22.1 Å². The number of anilines is 1. The molecule has 0 radical (unpaired) electrons. The van der Waals surface area contributed by atoms with Crippen LogP contribution in [0.3, 0.4) is 0 Å². The van der Waals surface area contributed by atoms with Crippen LogP contribution in [-0.4, -0.2) is 43.5 Å². The molecule has 1 fully saturated rings. The molecule has 4 amide bonds. The van der Waals surface area contributed by atoms with Crippen LogP contribution in [0.25, 0.3) is 0 Å². The molecule has 3 rings (SSSR count). The first-order valence-corrected chi connectivity index (χ1v) is 8.80. The standard InChI is InChI=1S/C20H19F2N3O5/c1-20(11-4-5-15(21)16(22)6-11)18(27)25(19(28)24-20)10-17(26)23-12-7-13(29-2)9-14(8-12)30-3/h4-9H,10H2,1-3H3,(H,23,26)(H,24,28)/t20-/m0/s1. The monoisotopic (exact) mass is 419 g/mol. The Balaban J connectivity index is 1.77. The summed E-state index contributed by atoms with van der Waals surface area (Å²) in [4.78, 5) is 38.3. The minimum atomic E-state index is -1.63. The summed E-state index contributed by atoms with van der Waals surface area (Å²) in [7, 11) is 2.90. The highest BCUT2D eigenvalue weighted by Crippen LogP contribution is 2.30. The molecule has 1 heterocycles. The Morgan fingerprint density at radius 2 is 1.70 bits per heavy atom. The van der Waals surface area contributed by atoms with E-state index in [1.807, 2.05) is 0 Å². The number of imide groups is 1. The van der Waals surface area contributed by atoms with Crippen molar-refractivity contribution in [2.75, 3.05) is 26.1 Å². The van der Waals surface area contributed by atoms with Gasteiger partial charge in [0, 0.05) is 23.9 Å². The number of hydrogen-bond donors (Lipinski definition) is 2. The molecular formula is C20H19F2N3O5. The molecule has 8 nitrogen and oxygen atoms in total. The zero-order chi connectivity index (χ0) is 22.1. The van der Waals surface area contributed by atoms with Gasteiger partial charge in [-0.1, -0.05) is 6.07 Å². The van der Waals surface area contributed by atoms with E-state index in [1.54, 1.807) is 6.07 Å². The first-order chi connectivity index (χ1) is 14.2. The molecule has 10 heteroatoms. The van der Waals surface area contributed by atoms with Gasteiger partial charge >= 0.3 is 6.03 Å². The maximum absolute atomic E-state index is 13.6. The third kappa shape index (κ3) is 3.88. The number of rotatable bonds is 6. The number of nitrogens with one attached hydrogen (secondary N) is 2. The molecule has 0 saturated carbocycles. The quantitative estimate of drug-likeness (QED) is 0.701. The van der Waals surface area contributed by atoms with Gasteiger partial charge < -0.3 is 20.1 Å². The number of benzene rings is 2. The fourth-order valence-electron chi connectivity index (χ4n) is 3.07. The van der Waals surface area contributed by atoms with Crippen LogP contribution in [0.4, 0.5) is 19.3 Å². The van der Waals surface area contributed by atoms with Crippen molar-refractivity contribution in [3.05, 3.63) is 53.6 Å². The molecule has 0 bridgehead atoms. The van der Waals surface area contributed by atoms with E-state index < -0.39 is 41.6 Å². The highest BCUT2D eigenvalue weighted by atomic mass is 19.2. The van der Waals surface area contributed by atoms with Crippen LogP contribution in [0.15, 0.2) is 36.4 Å². The number of hydrogen-bond acceptors (Lipinski definition) is 5. The number of urea groups is 1.